The molecule has 5 aliphatic heterocycles. The highest BCUT2D eigenvalue weighted by Gasteiger charge is 2.77. The first-order valence-corrected chi connectivity index (χ1v) is 21.2. The minimum absolute atomic E-state index is 0.0139. The van der Waals surface area contributed by atoms with Crippen LogP contribution in [0.25, 0.3) is 32.1 Å². The normalized spacial score (nSPS) is 26.9. The Hall–Kier alpha value is -4.85. The number of thiophene rings is 1. The van der Waals surface area contributed by atoms with Crippen LogP contribution in [0, 0.1) is 17.1 Å². The summed E-state index contributed by atoms with van der Waals surface area (Å²) in [6, 6.07) is 7.37. The van der Waals surface area contributed by atoms with E-state index in [-0.39, 0.29) is 64.8 Å². The third-order valence-electron chi connectivity index (χ3n) is 13.1. The van der Waals surface area contributed by atoms with E-state index >= 15 is 4.39 Å². The van der Waals surface area contributed by atoms with Crippen molar-refractivity contribution in [3.63, 3.8) is 0 Å². The molecule has 59 heavy (non-hydrogen) atoms. The summed E-state index contributed by atoms with van der Waals surface area (Å²) in [5.74, 6) is 0.173. The smallest absolute Gasteiger partial charge is 0.412 e. The fraction of sp³-hybridized carbons (Fsp3) is 0.558. The molecule has 4 aromatic rings. The molecule has 13 nitrogen and oxygen atoms in total. The summed E-state index contributed by atoms with van der Waals surface area (Å²) in [5.41, 5.74) is 1.60. The second kappa shape index (κ2) is 13.1. The molecular weight excluding hydrogens is 781 g/mol. The molecule has 1 N–H and O–H groups in total. The lowest BCUT2D eigenvalue weighted by Gasteiger charge is -2.80. The fourth-order valence-corrected chi connectivity index (χ4v) is 11.7. The topological polar surface area (TPSA) is 142 Å². The van der Waals surface area contributed by atoms with E-state index in [0.717, 1.165) is 60.1 Å². The van der Waals surface area contributed by atoms with Crippen LogP contribution in [-0.4, -0.2) is 98.7 Å². The van der Waals surface area contributed by atoms with Gasteiger partial charge in [0, 0.05) is 30.3 Å². The SMILES string of the molecule is CC(C)(C)OC(=O)Nc1sc2c(F)ccc(-c3cc4nc(OC[C@@]56CCCN5C[C@H](F)C6)nc(N5C6CCC67C5CN7C(=O)OC(C)(C)C)c4c4c3COC4)c2c1C#N. The molecule has 1 spiro atoms. The first-order valence-electron chi connectivity index (χ1n) is 20.4. The van der Waals surface area contributed by atoms with Crippen molar-refractivity contribution in [2.45, 2.75) is 127 Å². The van der Waals surface area contributed by atoms with Crippen LogP contribution < -0.4 is 15.0 Å². The fourth-order valence-electron chi connectivity index (χ4n) is 10.6. The summed E-state index contributed by atoms with van der Waals surface area (Å²) in [6.07, 6.45) is 1.96. The third-order valence-corrected chi connectivity index (χ3v) is 14.2. The number of carbonyl (C=O) groups excluding carboxylic acids is 2. The number of likely N-dealkylation sites (tertiary alicyclic amines) is 1. The highest BCUT2D eigenvalue weighted by Crippen LogP contribution is 2.63. The first kappa shape index (κ1) is 38.4. The van der Waals surface area contributed by atoms with Gasteiger partial charge in [0.05, 0.1) is 52.2 Å². The molecule has 4 saturated heterocycles. The Morgan fingerprint density at radius 2 is 1.81 bits per heavy atom. The molecular formula is C43H47F2N7O6S. The number of hydrogen-bond acceptors (Lipinski definition) is 12. The van der Waals surface area contributed by atoms with Gasteiger partial charge < -0.3 is 23.8 Å². The number of ether oxygens (including phenoxy) is 4. The molecule has 0 bridgehead atoms. The van der Waals surface area contributed by atoms with Gasteiger partial charge in [0.25, 0.3) is 0 Å². The largest absolute Gasteiger partial charge is 0.461 e. The number of anilines is 2. The van der Waals surface area contributed by atoms with Crippen molar-refractivity contribution < 1.29 is 37.3 Å². The van der Waals surface area contributed by atoms with Gasteiger partial charge in [-0.3, -0.25) is 15.1 Å². The minimum atomic E-state index is -0.917. The van der Waals surface area contributed by atoms with Crippen LogP contribution in [0.15, 0.2) is 18.2 Å². The third kappa shape index (κ3) is 5.85. The Morgan fingerprint density at radius 3 is 2.53 bits per heavy atom. The van der Waals surface area contributed by atoms with E-state index in [0.29, 0.717) is 47.4 Å². The average molecular weight is 828 g/mol. The Bertz CT molecular complexity index is 2500. The van der Waals surface area contributed by atoms with E-state index < -0.39 is 34.8 Å². The average Bonchev–Trinajstić information content (AvgIpc) is 3.90. The van der Waals surface area contributed by atoms with Gasteiger partial charge in [0.1, 0.15) is 46.7 Å². The number of piperidine rings is 1. The number of rotatable bonds is 6. The number of hydrogen-bond donors (Lipinski definition) is 1. The summed E-state index contributed by atoms with van der Waals surface area (Å²) in [5, 5.41) is 14.5. The van der Waals surface area contributed by atoms with Crippen molar-refractivity contribution in [2.75, 3.05) is 36.5 Å². The summed E-state index contributed by atoms with van der Waals surface area (Å²) < 4.78 is 54.6. The number of piperazine rings is 1. The van der Waals surface area contributed by atoms with Crippen LogP contribution in [0.1, 0.15) is 90.3 Å². The number of halogens is 2. The standard InChI is InChI=1S/C43H47F2N7O6S/c1-40(2,3)57-38(53)49-36-25(16-46)32-23(8-9-28(45)34(32)59-36)24-14-29-33(27-20-55-19-26(24)27)35(48-37(47-29)56-21-42-11-7-13-50(42)17-22(44)15-42)52-30-10-12-43(30)31(52)18-51(43)39(54)58-41(4,5)6/h8-9,14,22,30-31H,7,10-13,15,17-21H2,1-6H3,(H,49,53)/t22-,30?,31?,42+,43?/m1/s1. The molecule has 6 aliphatic rings. The molecule has 5 atom stereocenters. The van der Waals surface area contributed by atoms with E-state index in [4.69, 9.17) is 28.9 Å². The molecule has 2 aromatic heterocycles. The van der Waals surface area contributed by atoms with E-state index in [1.54, 1.807) is 26.8 Å². The predicted molar refractivity (Wildman–Crippen MR) is 217 cm³/mol. The number of nitrogens with one attached hydrogen (secondary N) is 1. The first-order chi connectivity index (χ1) is 28.0. The quantitative estimate of drug-likeness (QED) is 0.201. The number of nitriles is 1. The molecule has 10 rings (SSSR count). The number of nitrogens with zero attached hydrogens (tertiary/aromatic N) is 6. The molecule has 310 valence electrons. The zero-order valence-electron chi connectivity index (χ0n) is 34.0. The summed E-state index contributed by atoms with van der Waals surface area (Å²) in [7, 11) is 0. The van der Waals surface area contributed by atoms with Crippen LogP contribution in [0.5, 0.6) is 6.01 Å². The van der Waals surface area contributed by atoms with Crippen molar-refractivity contribution in [2.24, 2.45) is 0 Å². The van der Waals surface area contributed by atoms with Crippen LogP contribution in [0.2, 0.25) is 0 Å². The zero-order valence-corrected chi connectivity index (χ0v) is 34.9. The van der Waals surface area contributed by atoms with Crippen molar-refractivity contribution in [1.82, 2.24) is 19.8 Å². The Balaban J connectivity index is 1.09. The molecule has 0 radical (unpaired) electrons. The number of aromatic nitrogens is 2. The van der Waals surface area contributed by atoms with Crippen molar-refractivity contribution >= 4 is 55.3 Å². The van der Waals surface area contributed by atoms with Gasteiger partial charge in [0.15, 0.2) is 0 Å². The van der Waals surface area contributed by atoms with Crippen molar-refractivity contribution in [3.05, 3.63) is 40.7 Å². The second-order valence-corrected chi connectivity index (χ2v) is 19.9. The van der Waals surface area contributed by atoms with Gasteiger partial charge >= 0.3 is 18.2 Å². The molecule has 5 fully saturated rings. The Kier molecular flexibility index (Phi) is 8.50. The maximum absolute atomic E-state index is 15.7. The van der Waals surface area contributed by atoms with Gasteiger partial charge in [-0.25, -0.2) is 18.4 Å². The van der Waals surface area contributed by atoms with Crippen LogP contribution in [-0.2, 0) is 27.4 Å². The van der Waals surface area contributed by atoms with E-state index in [2.05, 4.69) is 21.2 Å². The van der Waals surface area contributed by atoms with Gasteiger partial charge in [-0.05, 0) is 108 Å². The lowest BCUT2D eigenvalue weighted by molar-refractivity contribution is -0.166. The summed E-state index contributed by atoms with van der Waals surface area (Å²) in [6.45, 7) is 13.3. The van der Waals surface area contributed by atoms with E-state index in [9.17, 15) is 19.2 Å². The Morgan fingerprint density at radius 1 is 1.03 bits per heavy atom. The molecule has 16 heteroatoms. The molecule has 2 amide bonds. The monoisotopic (exact) mass is 827 g/mol. The Labute approximate surface area is 344 Å². The highest BCUT2D eigenvalue weighted by atomic mass is 32.1. The summed E-state index contributed by atoms with van der Waals surface area (Å²) >= 11 is 0.978. The maximum atomic E-state index is 15.7. The van der Waals surface area contributed by atoms with Gasteiger partial charge in [0.2, 0.25) is 0 Å². The van der Waals surface area contributed by atoms with Crippen molar-refractivity contribution in [1.29, 1.82) is 5.26 Å². The number of alkyl halides is 1. The molecule has 3 unspecified atom stereocenters. The van der Waals surface area contributed by atoms with Gasteiger partial charge in [-0.15, -0.1) is 11.3 Å². The molecule has 2 aromatic carbocycles. The maximum Gasteiger partial charge on any atom is 0.412 e. The molecule has 1 aliphatic carbocycles. The highest BCUT2D eigenvalue weighted by molar-refractivity contribution is 7.23. The number of amides is 2. The molecule has 7 heterocycles. The molecule has 1 saturated carbocycles. The predicted octanol–water partition coefficient (Wildman–Crippen LogP) is 8.20. The number of carbonyl (C=O) groups is 2. The summed E-state index contributed by atoms with van der Waals surface area (Å²) in [4.78, 5) is 42.8. The van der Waals surface area contributed by atoms with E-state index in [1.165, 1.54) is 6.07 Å². The minimum Gasteiger partial charge on any atom is -0.461 e. The lowest BCUT2D eigenvalue weighted by Crippen LogP contribution is -2.97. The zero-order chi connectivity index (χ0) is 41.4. The van der Waals surface area contributed by atoms with E-state index in [1.807, 2.05) is 31.7 Å². The number of fused-ring (bicyclic) bond motifs is 5. The van der Waals surface area contributed by atoms with Gasteiger partial charge in [-0.1, -0.05) is 6.07 Å². The lowest BCUT2D eigenvalue weighted by atomic mass is 9.52. The second-order valence-electron chi connectivity index (χ2n) is 18.9. The van der Waals surface area contributed by atoms with Crippen LogP contribution in [0.3, 0.4) is 0 Å². The number of benzene rings is 2. The van der Waals surface area contributed by atoms with Crippen molar-refractivity contribution in [3.8, 4) is 23.2 Å². The van der Waals surface area contributed by atoms with Gasteiger partial charge in [-0.2, -0.15) is 15.2 Å². The van der Waals surface area contributed by atoms with Crippen LogP contribution in [0.4, 0.5) is 29.2 Å². The van der Waals surface area contributed by atoms with Crippen LogP contribution >= 0.6 is 11.3 Å².